The van der Waals surface area contributed by atoms with Crippen molar-refractivity contribution in [3.63, 3.8) is 0 Å². The Hall–Kier alpha value is -1.58. The maximum Gasteiger partial charge on any atom is 0.230 e. The van der Waals surface area contributed by atoms with Crippen molar-refractivity contribution < 1.29 is 4.79 Å². The van der Waals surface area contributed by atoms with Crippen molar-refractivity contribution in [3.8, 4) is 0 Å². The fraction of sp³-hybridized carbons (Fsp3) is 0.647. The van der Waals surface area contributed by atoms with Crippen LogP contribution in [0.25, 0.3) is 0 Å². The van der Waals surface area contributed by atoms with E-state index in [2.05, 4.69) is 33.8 Å². The van der Waals surface area contributed by atoms with Crippen molar-refractivity contribution in [2.75, 3.05) is 31.1 Å². The lowest BCUT2D eigenvalue weighted by molar-refractivity contribution is -0.145. The number of carbonyl (C=O) groups is 1. The first-order valence-electron chi connectivity index (χ1n) is 8.12. The summed E-state index contributed by atoms with van der Waals surface area (Å²) >= 11 is 0. The van der Waals surface area contributed by atoms with E-state index in [0.717, 1.165) is 57.6 Å². The normalized spacial score (nSPS) is 25.9. The molecule has 1 spiro atoms. The van der Waals surface area contributed by atoms with E-state index >= 15 is 0 Å². The molecule has 4 heteroatoms. The monoisotopic (exact) mass is 287 g/mol. The number of aryl methyl sites for hydroxylation is 1. The van der Waals surface area contributed by atoms with Gasteiger partial charge in [-0.2, -0.15) is 0 Å². The van der Waals surface area contributed by atoms with Gasteiger partial charge in [0.15, 0.2) is 0 Å². The maximum absolute atomic E-state index is 12.9. The number of hydrogen-bond acceptors (Lipinski definition) is 3. The first-order valence-corrected chi connectivity index (χ1v) is 8.12. The lowest BCUT2D eigenvalue weighted by Gasteiger charge is -2.39. The van der Waals surface area contributed by atoms with Crippen LogP contribution in [0.3, 0.4) is 0 Å². The third-order valence-electron chi connectivity index (χ3n) is 4.92. The SMILES string of the molecule is CCCN1CCC[C@]2(CCN(c3ccnc(C)c3)C2)C1=O. The van der Waals surface area contributed by atoms with Gasteiger partial charge in [-0.25, -0.2) is 0 Å². The summed E-state index contributed by atoms with van der Waals surface area (Å²) < 4.78 is 0. The fourth-order valence-corrected chi connectivity index (χ4v) is 3.83. The van der Waals surface area contributed by atoms with E-state index in [-0.39, 0.29) is 5.41 Å². The van der Waals surface area contributed by atoms with Crippen LogP contribution in [0.4, 0.5) is 5.69 Å². The highest BCUT2D eigenvalue weighted by atomic mass is 16.2. The van der Waals surface area contributed by atoms with Gasteiger partial charge in [-0.15, -0.1) is 0 Å². The molecule has 21 heavy (non-hydrogen) atoms. The summed E-state index contributed by atoms with van der Waals surface area (Å²) in [6, 6.07) is 4.18. The Balaban J connectivity index is 1.77. The number of anilines is 1. The summed E-state index contributed by atoms with van der Waals surface area (Å²) in [7, 11) is 0. The smallest absolute Gasteiger partial charge is 0.230 e. The van der Waals surface area contributed by atoms with E-state index in [1.165, 1.54) is 5.69 Å². The number of aromatic nitrogens is 1. The maximum atomic E-state index is 12.9. The molecule has 0 bridgehead atoms. The van der Waals surface area contributed by atoms with Gasteiger partial charge in [-0.3, -0.25) is 9.78 Å². The second kappa shape index (κ2) is 5.66. The molecule has 0 N–H and O–H groups in total. The third-order valence-corrected chi connectivity index (χ3v) is 4.92. The first-order chi connectivity index (χ1) is 10.1. The van der Waals surface area contributed by atoms with Crippen LogP contribution in [0.2, 0.25) is 0 Å². The van der Waals surface area contributed by atoms with Crippen LogP contribution in [0, 0.1) is 12.3 Å². The predicted octanol–water partition coefficient (Wildman–Crippen LogP) is 2.62. The fourth-order valence-electron chi connectivity index (χ4n) is 3.83. The Kier molecular flexibility index (Phi) is 3.87. The first kappa shape index (κ1) is 14.4. The largest absolute Gasteiger partial charge is 0.370 e. The Morgan fingerprint density at radius 2 is 2.19 bits per heavy atom. The molecule has 2 saturated heterocycles. The molecule has 3 rings (SSSR count). The van der Waals surface area contributed by atoms with E-state index in [9.17, 15) is 4.79 Å². The average molecular weight is 287 g/mol. The van der Waals surface area contributed by atoms with Gasteiger partial charge in [0.2, 0.25) is 5.91 Å². The molecular weight excluding hydrogens is 262 g/mol. The summed E-state index contributed by atoms with van der Waals surface area (Å²) in [5.74, 6) is 0.392. The van der Waals surface area contributed by atoms with E-state index in [1.54, 1.807) is 0 Å². The van der Waals surface area contributed by atoms with Gasteiger partial charge in [0.25, 0.3) is 0 Å². The molecule has 2 aliphatic rings. The minimum Gasteiger partial charge on any atom is -0.370 e. The lowest BCUT2D eigenvalue weighted by Crippen LogP contribution is -2.50. The van der Waals surface area contributed by atoms with E-state index in [0.29, 0.717) is 5.91 Å². The Morgan fingerprint density at radius 3 is 2.95 bits per heavy atom. The van der Waals surface area contributed by atoms with Gasteiger partial charge in [0.05, 0.1) is 5.41 Å². The van der Waals surface area contributed by atoms with Gasteiger partial charge < -0.3 is 9.80 Å². The number of rotatable bonds is 3. The summed E-state index contributed by atoms with van der Waals surface area (Å²) in [6.45, 7) is 7.88. The number of likely N-dealkylation sites (tertiary alicyclic amines) is 1. The zero-order chi connectivity index (χ0) is 14.9. The topological polar surface area (TPSA) is 36.4 Å². The number of hydrogen-bond donors (Lipinski definition) is 0. The van der Waals surface area contributed by atoms with Crippen molar-refractivity contribution >= 4 is 11.6 Å². The van der Waals surface area contributed by atoms with Crippen molar-refractivity contribution in [2.24, 2.45) is 5.41 Å². The molecule has 2 aliphatic heterocycles. The summed E-state index contributed by atoms with van der Waals surface area (Å²) in [5, 5.41) is 0. The summed E-state index contributed by atoms with van der Waals surface area (Å²) in [4.78, 5) is 21.6. The number of piperidine rings is 1. The number of pyridine rings is 1. The van der Waals surface area contributed by atoms with Gasteiger partial charge >= 0.3 is 0 Å². The minimum absolute atomic E-state index is 0.134. The molecule has 4 nitrogen and oxygen atoms in total. The molecule has 1 aromatic heterocycles. The zero-order valence-corrected chi connectivity index (χ0v) is 13.1. The Bertz CT molecular complexity index is 529. The predicted molar refractivity (Wildman–Crippen MR) is 84.3 cm³/mol. The van der Waals surface area contributed by atoms with Gasteiger partial charge in [0.1, 0.15) is 0 Å². The summed E-state index contributed by atoms with van der Waals surface area (Å²) in [5.41, 5.74) is 2.11. The molecular formula is C17H25N3O. The van der Waals surface area contributed by atoms with Gasteiger partial charge in [-0.05, 0) is 44.7 Å². The molecule has 1 atom stereocenters. The quantitative estimate of drug-likeness (QED) is 0.857. The molecule has 1 amide bonds. The Labute approximate surface area is 127 Å². The van der Waals surface area contributed by atoms with E-state index in [4.69, 9.17) is 0 Å². The Morgan fingerprint density at radius 1 is 1.33 bits per heavy atom. The molecule has 2 fully saturated rings. The van der Waals surface area contributed by atoms with Crippen LogP contribution in [0.1, 0.15) is 38.3 Å². The second-order valence-corrected chi connectivity index (χ2v) is 6.50. The van der Waals surface area contributed by atoms with Crippen LogP contribution in [0.15, 0.2) is 18.3 Å². The molecule has 0 aromatic carbocycles. The van der Waals surface area contributed by atoms with Crippen LogP contribution in [0.5, 0.6) is 0 Å². The highest BCUT2D eigenvalue weighted by Crippen LogP contribution is 2.41. The van der Waals surface area contributed by atoms with Gasteiger partial charge in [-0.1, -0.05) is 6.92 Å². The second-order valence-electron chi connectivity index (χ2n) is 6.50. The average Bonchev–Trinajstić information content (AvgIpc) is 2.90. The molecule has 0 saturated carbocycles. The van der Waals surface area contributed by atoms with Crippen molar-refractivity contribution in [1.29, 1.82) is 0 Å². The van der Waals surface area contributed by atoms with Crippen molar-refractivity contribution in [1.82, 2.24) is 9.88 Å². The minimum atomic E-state index is -0.134. The van der Waals surface area contributed by atoms with Crippen LogP contribution >= 0.6 is 0 Å². The van der Waals surface area contributed by atoms with Crippen molar-refractivity contribution in [3.05, 3.63) is 24.0 Å². The molecule has 0 radical (unpaired) electrons. The van der Waals surface area contributed by atoms with Crippen molar-refractivity contribution in [2.45, 2.75) is 39.5 Å². The number of nitrogens with zero attached hydrogens (tertiary/aromatic N) is 3. The molecule has 0 aliphatic carbocycles. The number of amides is 1. The molecule has 3 heterocycles. The third kappa shape index (κ3) is 2.63. The number of carbonyl (C=O) groups excluding carboxylic acids is 1. The molecule has 1 aromatic rings. The highest BCUT2D eigenvalue weighted by molar-refractivity contribution is 5.85. The van der Waals surface area contributed by atoms with Gasteiger partial charge in [0, 0.05) is 43.8 Å². The lowest BCUT2D eigenvalue weighted by atomic mass is 9.78. The van der Waals surface area contributed by atoms with Crippen LogP contribution in [-0.2, 0) is 4.79 Å². The summed E-state index contributed by atoms with van der Waals surface area (Å²) in [6.07, 6.45) is 6.10. The molecule has 0 unspecified atom stereocenters. The standard InChI is InChI=1S/C17H25N3O/c1-3-9-19-10-4-6-17(16(19)21)7-11-20(13-17)15-5-8-18-14(2)12-15/h5,8,12H,3-4,6-7,9-11,13H2,1-2H3/t17-/m1/s1. The zero-order valence-electron chi connectivity index (χ0n) is 13.1. The van der Waals surface area contributed by atoms with Crippen LogP contribution in [-0.4, -0.2) is 42.0 Å². The molecule has 114 valence electrons. The van der Waals surface area contributed by atoms with E-state index < -0.39 is 0 Å². The highest BCUT2D eigenvalue weighted by Gasteiger charge is 2.48. The van der Waals surface area contributed by atoms with Crippen LogP contribution < -0.4 is 4.90 Å². The van der Waals surface area contributed by atoms with E-state index in [1.807, 2.05) is 13.1 Å².